The van der Waals surface area contributed by atoms with Gasteiger partial charge in [0.05, 0.1) is 5.92 Å². The van der Waals surface area contributed by atoms with Gasteiger partial charge in [-0.15, -0.1) is 0 Å². The van der Waals surface area contributed by atoms with E-state index >= 15 is 0 Å². The van der Waals surface area contributed by atoms with E-state index in [0.717, 1.165) is 24.3 Å². The van der Waals surface area contributed by atoms with Crippen LogP contribution in [0.1, 0.15) is 36.9 Å². The third kappa shape index (κ3) is 1.74. The summed E-state index contributed by atoms with van der Waals surface area (Å²) >= 11 is 0. The van der Waals surface area contributed by atoms with Crippen LogP contribution in [0.2, 0.25) is 0 Å². The van der Waals surface area contributed by atoms with E-state index in [1.54, 1.807) is 0 Å². The van der Waals surface area contributed by atoms with Crippen molar-refractivity contribution in [3.8, 4) is 0 Å². The third-order valence-electron chi connectivity index (χ3n) is 3.71. The van der Waals surface area contributed by atoms with Crippen molar-refractivity contribution in [2.45, 2.75) is 37.6 Å². The maximum atomic E-state index is 5.47. The van der Waals surface area contributed by atoms with Crippen LogP contribution in [0.3, 0.4) is 0 Å². The lowest BCUT2D eigenvalue weighted by Crippen LogP contribution is -2.22. The molecule has 3 heterocycles. The van der Waals surface area contributed by atoms with Gasteiger partial charge < -0.3 is 10.3 Å². The monoisotopic (exact) mass is 222 g/mol. The van der Waals surface area contributed by atoms with Gasteiger partial charge in [0.25, 0.3) is 0 Å². The molecule has 0 aromatic carbocycles. The lowest BCUT2D eigenvalue weighted by molar-refractivity contribution is 0.312. The molecule has 3 rings (SSSR count). The maximum absolute atomic E-state index is 5.47. The van der Waals surface area contributed by atoms with Gasteiger partial charge in [-0.2, -0.15) is 4.98 Å². The molecule has 88 valence electrons. The van der Waals surface area contributed by atoms with E-state index in [4.69, 9.17) is 10.3 Å². The quantitative estimate of drug-likeness (QED) is 0.807. The molecule has 0 bridgehead atoms. The Balaban J connectivity index is 1.68. The summed E-state index contributed by atoms with van der Waals surface area (Å²) < 4.78 is 5.32. The highest BCUT2D eigenvalue weighted by Gasteiger charge is 2.38. The van der Waals surface area contributed by atoms with E-state index in [1.807, 2.05) is 0 Å². The molecule has 2 fully saturated rings. The number of rotatable bonds is 3. The molecule has 0 spiro atoms. The van der Waals surface area contributed by atoms with Gasteiger partial charge in [-0.05, 0) is 32.4 Å². The van der Waals surface area contributed by atoms with Crippen molar-refractivity contribution < 1.29 is 4.52 Å². The van der Waals surface area contributed by atoms with Gasteiger partial charge in [-0.1, -0.05) is 5.16 Å². The first-order chi connectivity index (χ1) is 7.86. The summed E-state index contributed by atoms with van der Waals surface area (Å²) in [7, 11) is 0. The molecule has 5 nitrogen and oxygen atoms in total. The van der Waals surface area contributed by atoms with Gasteiger partial charge in [-0.3, -0.25) is 4.90 Å². The van der Waals surface area contributed by atoms with Crippen molar-refractivity contribution in [1.29, 1.82) is 0 Å². The molecule has 0 amide bonds. The average Bonchev–Trinajstić information content (AvgIpc) is 2.88. The second kappa shape index (κ2) is 4.14. The summed E-state index contributed by atoms with van der Waals surface area (Å²) in [5, 5.41) is 3.96. The SMILES string of the molecule is NCCc1noc([C@@H]2C[C@H]3CCCN3C2)n1. The molecule has 2 N–H and O–H groups in total. The van der Waals surface area contributed by atoms with Crippen molar-refractivity contribution >= 4 is 0 Å². The highest BCUT2D eigenvalue weighted by Crippen LogP contribution is 2.36. The summed E-state index contributed by atoms with van der Waals surface area (Å²) in [6, 6.07) is 0.759. The fraction of sp³-hybridized carbons (Fsp3) is 0.818. The molecule has 5 heteroatoms. The Morgan fingerprint density at radius 3 is 3.25 bits per heavy atom. The lowest BCUT2D eigenvalue weighted by atomic mass is 10.0. The molecule has 2 aliphatic rings. The Kier molecular flexibility index (Phi) is 2.65. The molecule has 0 radical (unpaired) electrons. The largest absolute Gasteiger partial charge is 0.339 e. The number of hydrogen-bond donors (Lipinski definition) is 1. The molecule has 2 atom stereocenters. The Labute approximate surface area is 95.0 Å². The molecule has 1 aromatic rings. The van der Waals surface area contributed by atoms with E-state index in [9.17, 15) is 0 Å². The summed E-state index contributed by atoms with van der Waals surface area (Å²) in [4.78, 5) is 6.98. The molecule has 2 saturated heterocycles. The minimum absolute atomic E-state index is 0.448. The van der Waals surface area contributed by atoms with Crippen molar-refractivity contribution in [1.82, 2.24) is 15.0 Å². The van der Waals surface area contributed by atoms with E-state index in [-0.39, 0.29) is 0 Å². The van der Waals surface area contributed by atoms with Crippen LogP contribution in [-0.2, 0) is 6.42 Å². The summed E-state index contributed by atoms with van der Waals surface area (Å²) in [6.07, 6.45) is 4.58. The second-order valence-corrected chi connectivity index (χ2v) is 4.81. The van der Waals surface area contributed by atoms with E-state index in [2.05, 4.69) is 15.0 Å². The van der Waals surface area contributed by atoms with Crippen LogP contribution >= 0.6 is 0 Å². The van der Waals surface area contributed by atoms with Crippen molar-refractivity contribution in [3.05, 3.63) is 11.7 Å². The number of nitrogens with zero attached hydrogens (tertiary/aromatic N) is 3. The number of hydrogen-bond acceptors (Lipinski definition) is 5. The fourth-order valence-corrected chi connectivity index (χ4v) is 2.93. The van der Waals surface area contributed by atoms with E-state index < -0.39 is 0 Å². The predicted octanol–water partition coefficient (Wildman–Crippen LogP) is 0.522. The van der Waals surface area contributed by atoms with Gasteiger partial charge in [0.2, 0.25) is 5.89 Å². The smallest absolute Gasteiger partial charge is 0.231 e. The Bertz CT molecular complexity index is 353. The zero-order chi connectivity index (χ0) is 11.0. The predicted molar refractivity (Wildman–Crippen MR) is 59.0 cm³/mol. The Hall–Kier alpha value is -0.940. The first-order valence-electron chi connectivity index (χ1n) is 6.13. The normalized spacial score (nSPS) is 29.8. The second-order valence-electron chi connectivity index (χ2n) is 4.81. The summed E-state index contributed by atoms with van der Waals surface area (Å²) in [5.74, 6) is 2.02. The minimum atomic E-state index is 0.448. The molecule has 1 aromatic heterocycles. The van der Waals surface area contributed by atoms with Crippen LogP contribution in [0, 0.1) is 0 Å². The maximum Gasteiger partial charge on any atom is 0.231 e. The number of nitrogens with two attached hydrogens (primary N) is 1. The zero-order valence-electron chi connectivity index (χ0n) is 9.43. The molecule has 0 unspecified atom stereocenters. The van der Waals surface area contributed by atoms with Crippen LogP contribution in [-0.4, -0.2) is 40.7 Å². The van der Waals surface area contributed by atoms with Crippen LogP contribution in [0.5, 0.6) is 0 Å². The summed E-state index contributed by atoms with van der Waals surface area (Å²) in [6.45, 7) is 2.91. The standard InChI is InChI=1S/C11H18N4O/c12-4-3-10-13-11(16-14-10)8-6-9-2-1-5-15(9)7-8/h8-9H,1-7,12H2/t8-,9-/m1/s1. The molecular formula is C11H18N4O. The highest BCUT2D eigenvalue weighted by molar-refractivity contribution is 5.03. The van der Waals surface area contributed by atoms with Gasteiger partial charge in [-0.25, -0.2) is 0 Å². The number of fused-ring (bicyclic) bond motifs is 1. The first-order valence-corrected chi connectivity index (χ1v) is 6.13. The van der Waals surface area contributed by atoms with Gasteiger partial charge in [0, 0.05) is 19.0 Å². The minimum Gasteiger partial charge on any atom is -0.339 e. The van der Waals surface area contributed by atoms with E-state index in [1.165, 1.54) is 25.8 Å². The zero-order valence-corrected chi connectivity index (χ0v) is 9.43. The molecular weight excluding hydrogens is 204 g/mol. The third-order valence-corrected chi connectivity index (χ3v) is 3.71. The van der Waals surface area contributed by atoms with Crippen LogP contribution < -0.4 is 5.73 Å². The van der Waals surface area contributed by atoms with Crippen molar-refractivity contribution in [2.24, 2.45) is 5.73 Å². The highest BCUT2D eigenvalue weighted by atomic mass is 16.5. The Morgan fingerprint density at radius 2 is 2.44 bits per heavy atom. The van der Waals surface area contributed by atoms with E-state index in [0.29, 0.717) is 18.9 Å². The Morgan fingerprint density at radius 1 is 1.50 bits per heavy atom. The van der Waals surface area contributed by atoms with Crippen molar-refractivity contribution in [3.63, 3.8) is 0 Å². The van der Waals surface area contributed by atoms with Crippen LogP contribution in [0.15, 0.2) is 4.52 Å². The lowest BCUT2D eigenvalue weighted by Gasteiger charge is -2.12. The van der Waals surface area contributed by atoms with Gasteiger partial charge in [0.15, 0.2) is 5.82 Å². The molecule has 2 aliphatic heterocycles. The molecule has 0 saturated carbocycles. The van der Waals surface area contributed by atoms with Gasteiger partial charge >= 0.3 is 0 Å². The van der Waals surface area contributed by atoms with Crippen LogP contribution in [0.25, 0.3) is 0 Å². The van der Waals surface area contributed by atoms with Crippen LogP contribution in [0.4, 0.5) is 0 Å². The number of aromatic nitrogens is 2. The molecule has 16 heavy (non-hydrogen) atoms. The van der Waals surface area contributed by atoms with Gasteiger partial charge in [0.1, 0.15) is 0 Å². The average molecular weight is 222 g/mol. The topological polar surface area (TPSA) is 68.2 Å². The van der Waals surface area contributed by atoms with Crippen molar-refractivity contribution in [2.75, 3.05) is 19.6 Å². The summed E-state index contributed by atoms with van der Waals surface area (Å²) in [5.41, 5.74) is 5.47. The first kappa shape index (κ1) is 10.2. The molecule has 0 aliphatic carbocycles. The fourth-order valence-electron chi connectivity index (χ4n) is 2.93.